The van der Waals surface area contributed by atoms with E-state index in [0.29, 0.717) is 10.6 Å². The van der Waals surface area contributed by atoms with Gasteiger partial charge in [0.05, 0.1) is 22.5 Å². The van der Waals surface area contributed by atoms with E-state index in [4.69, 9.17) is 0 Å². The minimum Gasteiger partial charge on any atom is -0.399 e. The Morgan fingerprint density at radius 2 is 2.10 bits per heavy atom. The molecule has 0 fully saturated rings. The number of aryl methyl sites for hydroxylation is 1. The molecule has 0 spiro atoms. The van der Waals surface area contributed by atoms with E-state index in [0.717, 1.165) is 11.3 Å². The van der Waals surface area contributed by atoms with Gasteiger partial charge < -0.3 is 4.84 Å². The number of rotatable bonds is 6. The van der Waals surface area contributed by atoms with E-state index in [-0.39, 0.29) is 4.34 Å². The van der Waals surface area contributed by atoms with E-state index in [1.54, 1.807) is 6.92 Å². The molecule has 0 amide bonds. The number of nitrogens with zero attached hydrogens (tertiary/aromatic N) is 2. The molecule has 1 aromatic heterocycles. The number of aromatic nitrogens is 1. The zero-order chi connectivity index (χ0) is 15.3. The van der Waals surface area contributed by atoms with Crippen molar-refractivity contribution in [3.8, 4) is 0 Å². The van der Waals surface area contributed by atoms with E-state index in [2.05, 4.69) is 15.0 Å². The Morgan fingerprint density at radius 3 is 2.65 bits per heavy atom. The first kappa shape index (κ1) is 16.6. The molecule has 10 heteroatoms. The predicted molar refractivity (Wildman–Crippen MR) is 68.5 cm³/mol. The quantitative estimate of drug-likeness (QED) is 0.595. The van der Waals surface area contributed by atoms with Crippen molar-refractivity contribution in [1.82, 2.24) is 4.98 Å². The van der Waals surface area contributed by atoms with Crippen molar-refractivity contribution in [1.29, 1.82) is 0 Å². The Balaban J connectivity index is 2.94. The molecular formula is C10H11F3N2O3S2. The fourth-order valence-corrected chi connectivity index (χ4v) is 3.73. The van der Waals surface area contributed by atoms with Crippen LogP contribution < -0.4 is 0 Å². The molecule has 0 saturated heterocycles. The molecule has 0 aliphatic heterocycles. The molecule has 20 heavy (non-hydrogen) atoms. The largest absolute Gasteiger partial charge is 0.399 e. The summed E-state index contributed by atoms with van der Waals surface area (Å²) in [5, 5.41) is 3.48. The second-order valence-corrected chi connectivity index (χ2v) is 6.89. The Hall–Kier alpha value is -1.42. The number of sulfone groups is 1. The van der Waals surface area contributed by atoms with Gasteiger partial charge in [-0.15, -0.1) is 11.3 Å². The molecule has 0 unspecified atom stereocenters. The van der Waals surface area contributed by atoms with Gasteiger partial charge in [0.2, 0.25) is 14.2 Å². The number of halogens is 3. The normalized spacial score (nSPS) is 11.8. The maximum atomic E-state index is 12.6. The molecule has 0 aliphatic rings. The Bertz CT molecular complexity index is 634. The molecule has 1 rings (SSSR count). The standard InChI is InChI=1S/C10H11F3N2O3S2/c1-6-8(5-14-18-2)19-10(15-6)20(16,17)4-3-7(11)9(12)13/h5H,3-4H2,1-2H3/b14-5+. The van der Waals surface area contributed by atoms with E-state index in [1.165, 1.54) is 13.3 Å². The third-order valence-electron chi connectivity index (χ3n) is 2.15. The lowest BCUT2D eigenvalue weighted by atomic mass is 10.4. The summed E-state index contributed by atoms with van der Waals surface area (Å²) in [5.74, 6) is -2.51. The second kappa shape index (κ2) is 6.84. The van der Waals surface area contributed by atoms with Gasteiger partial charge in [-0.2, -0.15) is 8.78 Å². The topological polar surface area (TPSA) is 68.6 Å². The smallest absolute Gasteiger partial charge is 0.301 e. The first-order valence-corrected chi connectivity index (χ1v) is 7.71. The number of oxime groups is 1. The minimum atomic E-state index is -3.92. The van der Waals surface area contributed by atoms with Crippen LogP contribution in [-0.2, 0) is 14.7 Å². The molecular weight excluding hydrogens is 317 g/mol. The summed E-state index contributed by atoms with van der Waals surface area (Å²) in [5.41, 5.74) is 0.405. The summed E-state index contributed by atoms with van der Waals surface area (Å²) in [6, 6.07) is 0. The van der Waals surface area contributed by atoms with Crippen LogP contribution in [0.25, 0.3) is 0 Å². The molecule has 0 saturated carbocycles. The van der Waals surface area contributed by atoms with Crippen molar-refractivity contribution >= 4 is 27.4 Å². The maximum absolute atomic E-state index is 12.6. The van der Waals surface area contributed by atoms with Gasteiger partial charge in [0.1, 0.15) is 7.11 Å². The van der Waals surface area contributed by atoms with E-state index < -0.39 is 33.9 Å². The molecule has 5 nitrogen and oxygen atoms in total. The average Bonchev–Trinajstić information content (AvgIpc) is 2.75. The molecule has 0 atom stereocenters. The fraction of sp³-hybridized carbons (Fsp3) is 0.400. The van der Waals surface area contributed by atoms with Gasteiger partial charge in [-0.25, -0.2) is 17.8 Å². The van der Waals surface area contributed by atoms with Crippen LogP contribution in [0.3, 0.4) is 0 Å². The van der Waals surface area contributed by atoms with Crippen LogP contribution in [0.1, 0.15) is 17.0 Å². The molecule has 0 radical (unpaired) electrons. The van der Waals surface area contributed by atoms with Crippen LogP contribution in [0.2, 0.25) is 0 Å². The van der Waals surface area contributed by atoms with E-state index >= 15 is 0 Å². The van der Waals surface area contributed by atoms with Gasteiger partial charge in [-0.05, 0) is 6.92 Å². The summed E-state index contributed by atoms with van der Waals surface area (Å²) in [6.45, 7) is 1.56. The van der Waals surface area contributed by atoms with E-state index in [9.17, 15) is 21.6 Å². The Morgan fingerprint density at radius 1 is 1.45 bits per heavy atom. The summed E-state index contributed by atoms with van der Waals surface area (Å²) in [7, 11) is -2.59. The predicted octanol–water partition coefficient (Wildman–Crippen LogP) is 2.67. The highest BCUT2D eigenvalue weighted by atomic mass is 32.2. The number of hydrogen-bond acceptors (Lipinski definition) is 6. The average molecular weight is 328 g/mol. The molecule has 0 aromatic carbocycles. The Labute approximate surface area is 117 Å². The van der Waals surface area contributed by atoms with Crippen molar-refractivity contribution < 1.29 is 26.4 Å². The minimum absolute atomic E-state index is 0.264. The van der Waals surface area contributed by atoms with Gasteiger partial charge in [-0.1, -0.05) is 5.16 Å². The van der Waals surface area contributed by atoms with Crippen molar-refractivity contribution in [2.24, 2.45) is 5.16 Å². The zero-order valence-electron chi connectivity index (χ0n) is 10.6. The first-order valence-electron chi connectivity index (χ1n) is 5.24. The van der Waals surface area contributed by atoms with Crippen LogP contribution in [0.5, 0.6) is 0 Å². The highest BCUT2D eigenvalue weighted by molar-refractivity contribution is 7.93. The number of thiazole rings is 1. The lowest BCUT2D eigenvalue weighted by molar-refractivity contribution is 0.215. The summed E-state index contributed by atoms with van der Waals surface area (Å²) in [4.78, 5) is 8.73. The van der Waals surface area contributed by atoms with Crippen LogP contribution in [-0.4, -0.2) is 32.5 Å². The molecule has 0 bridgehead atoms. The summed E-state index contributed by atoms with van der Waals surface area (Å²) in [6.07, 6.45) is -2.11. The third kappa shape index (κ3) is 4.30. The van der Waals surface area contributed by atoms with Gasteiger partial charge in [0, 0.05) is 6.42 Å². The monoisotopic (exact) mass is 328 g/mol. The first-order chi connectivity index (χ1) is 9.27. The SMILES string of the molecule is CO/N=C/c1sc(S(=O)(=O)CCC(F)=C(F)F)nc1C. The lowest BCUT2D eigenvalue weighted by Crippen LogP contribution is -2.07. The van der Waals surface area contributed by atoms with Crippen LogP contribution in [0.15, 0.2) is 21.4 Å². The molecule has 0 N–H and O–H groups in total. The second-order valence-electron chi connectivity index (χ2n) is 3.58. The van der Waals surface area contributed by atoms with E-state index in [1.807, 2.05) is 0 Å². The van der Waals surface area contributed by atoms with Gasteiger partial charge in [0.25, 0.3) is 0 Å². The fourth-order valence-electron chi connectivity index (χ4n) is 1.14. The zero-order valence-corrected chi connectivity index (χ0v) is 12.2. The summed E-state index contributed by atoms with van der Waals surface area (Å²) >= 11 is 0.812. The highest BCUT2D eigenvalue weighted by Crippen LogP contribution is 2.24. The van der Waals surface area contributed by atoms with Crippen molar-refractivity contribution in [3.63, 3.8) is 0 Å². The number of hydrogen-bond donors (Lipinski definition) is 0. The molecule has 112 valence electrons. The number of allylic oxidation sites excluding steroid dienone is 1. The van der Waals surface area contributed by atoms with Crippen LogP contribution in [0.4, 0.5) is 13.2 Å². The summed E-state index contributed by atoms with van der Waals surface area (Å²) < 4.78 is 59.8. The van der Waals surface area contributed by atoms with Crippen LogP contribution in [0, 0.1) is 6.92 Å². The van der Waals surface area contributed by atoms with Crippen LogP contribution >= 0.6 is 11.3 Å². The highest BCUT2D eigenvalue weighted by Gasteiger charge is 2.22. The van der Waals surface area contributed by atoms with Gasteiger partial charge in [-0.3, -0.25) is 0 Å². The van der Waals surface area contributed by atoms with Gasteiger partial charge in [0.15, 0.2) is 5.83 Å². The molecule has 0 aliphatic carbocycles. The molecule has 1 aromatic rings. The van der Waals surface area contributed by atoms with Gasteiger partial charge >= 0.3 is 6.08 Å². The van der Waals surface area contributed by atoms with Crippen molar-refractivity contribution in [3.05, 3.63) is 22.5 Å². The third-order valence-corrected chi connectivity index (χ3v) is 5.41. The maximum Gasteiger partial charge on any atom is 0.301 e. The van der Waals surface area contributed by atoms with Crippen molar-refractivity contribution in [2.75, 3.05) is 12.9 Å². The van der Waals surface area contributed by atoms with Crippen molar-refractivity contribution in [2.45, 2.75) is 17.7 Å². The molecule has 1 heterocycles. The Kier molecular flexibility index (Phi) is 5.69. The lowest BCUT2D eigenvalue weighted by Gasteiger charge is -1.98.